The first-order valence-corrected chi connectivity index (χ1v) is 7.03. The summed E-state index contributed by atoms with van der Waals surface area (Å²) < 4.78 is 0. The van der Waals surface area contributed by atoms with E-state index in [4.69, 9.17) is 16.9 Å². The van der Waals surface area contributed by atoms with E-state index >= 15 is 0 Å². The predicted octanol–water partition coefficient (Wildman–Crippen LogP) is 4.37. The molecule has 1 N–H and O–H groups in total. The highest BCUT2D eigenvalue weighted by Crippen LogP contribution is 2.33. The van der Waals surface area contributed by atoms with Gasteiger partial charge in [-0.3, -0.25) is 0 Å². The van der Waals surface area contributed by atoms with Gasteiger partial charge < -0.3 is 5.32 Å². The normalized spacial score (nSPS) is 22.8. The second-order valence-corrected chi connectivity index (χ2v) is 5.46. The largest absolute Gasteiger partial charge is 0.382 e. The summed E-state index contributed by atoms with van der Waals surface area (Å²) in [6.45, 7) is 4.37. The number of nitrogens with one attached hydrogen (secondary N) is 1. The van der Waals surface area contributed by atoms with Crippen molar-refractivity contribution < 1.29 is 0 Å². The molecule has 2 rings (SSSR count). The number of anilines is 1. The molecule has 96 valence electrons. The van der Waals surface area contributed by atoms with E-state index in [-0.39, 0.29) is 0 Å². The smallest absolute Gasteiger partial charge is 0.101 e. The van der Waals surface area contributed by atoms with E-state index in [0.717, 1.165) is 17.7 Å². The molecule has 1 aromatic rings. The number of hydrogen-bond donors (Lipinski definition) is 1. The second-order valence-electron chi connectivity index (χ2n) is 5.08. The Balaban J connectivity index is 2.28. The van der Waals surface area contributed by atoms with Gasteiger partial charge in [-0.05, 0) is 42.9 Å². The molecule has 0 unspecified atom stereocenters. The van der Waals surface area contributed by atoms with E-state index < -0.39 is 0 Å². The maximum Gasteiger partial charge on any atom is 0.101 e. The van der Waals surface area contributed by atoms with Crippen LogP contribution in [0.3, 0.4) is 0 Å². The van der Waals surface area contributed by atoms with Crippen molar-refractivity contribution in [3.05, 3.63) is 28.3 Å². The van der Waals surface area contributed by atoms with Gasteiger partial charge in [0.2, 0.25) is 0 Å². The third-order valence-corrected chi connectivity index (χ3v) is 4.35. The van der Waals surface area contributed by atoms with Crippen LogP contribution in [0, 0.1) is 17.2 Å². The van der Waals surface area contributed by atoms with Crippen LogP contribution in [0.1, 0.15) is 44.2 Å². The molecule has 0 bridgehead atoms. The Morgan fingerprint density at radius 1 is 1.44 bits per heavy atom. The highest BCUT2D eigenvalue weighted by Gasteiger charge is 2.24. The molecule has 1 aromatic carbocycles. The summed E-state index contributed by atoms with van der Waals surface area (Å²) in [5.41, 5.74) is 2.73. The van der Waals surface area contributed by atoms with E-state index in [2.05, 4.69) is 25.2 Å². The summed E-state index contributed by atoms with van der Waals surface area (Å²) in [4.78, 5) is 0. The fourth-order valence-corrected chi connectivity index (χ4v) is 3.09. The van der Waals surface area contributed by atoms with Gasteiger partial charge >= 0.3 is 0 Å². The Labute approximate surface area is 114 Å². The van der Waals surface area contributed by atoms with Crippen LogP contribution < -0.4 is 5.32 Å². The quantitative estimate of drug-likeness (QED) is 0.878. The van der Waals surface area contributed by atoms with Gasteiger partial charge in [-0.1, -0.05) is 31.9 Å². The lowest BCUT2D eigenvalue weighted by Gasteiger charge is -2.21. The molecule has 0 radical (unpaired) electrons. The number of nitrogens with zero attached hydrogens (tertiary/aromatic N) is 1. The molecule has 0 aromatic heterocycles. The Hall–Kier alpha value is -1.20. The summed E-state index contributed by atoms with van der Waals surface area (Å²) in [6.07, 6.45) is 4.66. The Bertz CT molecular complexity index is 476. The maximum absolute atomic E-state index is 9.00. The summed E-state index contributed by atoms with van der Waals surface area (Å²) >= 11 is 6.27. The molecule has 0 spiro atoms. The fourth-order valence-electron chi connectivity index (χ4n) is 2.75. The van der Waals surface area contributed by atoms with Crippen LogP contribution in [-0.4, -0.2) is 6.04 Å². The van der Waals surface area contributed by atoms with Crippen molar-refractivity contribution in [1.29, 1.82) is 5.26 Å². The van der Waals surface area contributed by atoms with Crippen LogP contribution >= 0.6 is 11.6 Å². The second kappa shape index (κ2) is 5.63. The lowest BCUT2D eigenvalue weighted by atomic mass is 10.0. The first kappa shape index (κ1) is 13.2. The van der Waals surface area contributed by atoms with Crippen LogP contribution in [0.25, 0.3) is 0 Å². The molecule has 0 amide bonds. The first-order chi connectivity index (χ1) is 8.67. The Kier molecular flexibility index (Phi) is 4.14. The van der Waals surface area contributed by atoms with Crippen LogP contribution in [-0.2, 0) is 6.42 Å². The summed E-state index contributed by atoms with van der Waals surface area (Å²) in [5.74, 6) is 0.712. The number of rotatable bonds is 3. The molecule has 0 heterocycles. The highest BCUT2D eigenvalue weighted by molar-refractivity contribution is 6.32. The van der Waals surface area contributed by atoms with Gasteiger partial charge in [-0.15, -0.1) is 0 Å². The minimum Gasteiger partial charge on any atom is -0.382 e. The van der Waals surface area contributed by atoms with Gasteiger partial charge in [0, 0.05) is 11.7 Å². The van der Waals surface area contributed by atoms with Crippen LogP contribution in [0.2, 0.25) is 5.02 Å². The lowest BCUT2D eigenvalue weighted by molar-refractivity contribution is 0.556. The van der Waals surface area contributed by atoms with E-state index in [1.54, 1.807) is 0 Å². The highest BCUT2D eigenvalue weighted by atomic mass is 35.5. The molecule has 2 nitrogen and oxygen atoms in total. The monoisotopic (exact) mass is 262 g/mol. The molecule has 1 aliphatic carbocycles. The summed E-state index contributed by atoms with van der Waals surface area (Å²) in [7, 11) is 0. The minimum atomic E-state index is 0.541. The molecule has 2 atom stereocenters. The number of nitriles is 1. The molecule has 1 saturated carbocycles. The lowest BCUT2D eigenvalue weighted by Crippen LogP contribution is -2.22. The molecule has 18 heavy (non-hydrogen) atoms. The molecule has 1 fully saturated rings. The van der Waals surface area contributed by atoms with Crippen molar-refractivity contribution in [1.82, 2.24) is 0 Å². The van der Waals surface area contributed by atoms with Crippen molar-refractivity contribution in [3.63, 3.8) is 0 Å². The SMILES string of the molecule is CCc1c(N[C@H]2CCC[C@@H]2C)ccc(C#N)c1Cl. The summed E-state index contributed by atoms with van der Waals surface area (Å²) in [5, 5.41) is 13.2. The molecule has 1 aliphatic rings. The van der Waals surface area contributed by atoms with Crippen molar-refractivity contribution >= 4 is 17.3 Å². The zero-order valence-corrected chi connectivity index (χ0v) is 11.7. The number of benzene rings is 1. The third kappa shape index (κ3) is 2.47. The predicted molar refractivity (Wildman–Crippen MR) is 76.0 cm³/mol. The van der Waals surface area contributed by atoms with Gasteiger partial charge in [0.05, 0.1) is 10.6 Å². The zero-order valence-electron chi connectivity index (χ0n) is 11.0. The van der Waals surface area contributed by atoms with Crippen molar-refractivity contribution in [2.75, 3.05) is 5.32 Å². The van der Waals surface area contributed by atoms with Gasteiger partial charge in [-0.2, -0.15) is 5.26 Å². The molecule has 0 aliphatic heterocycles. The Morgan fingerprint density at radius 2 is 2.22 bits per heavy atom. The average molecular weight is 263 g/mol. The van der Waals surface area contributed by atoms with Crippen molar-refractivity contribution in [2.24, 2.45) is 5.92 Å². The molecular formula is C15H19ClN2. The summed E-state index contributed by atoms with van der Waals surface area (Å²) in [6, 6.07) is 6.48. The molecular weight excluding hydrogens is 244 g/mol. The number of halogens is 1. The molecule has 3 heteroatoms. The van der Waals surface area contributed by atoms with E-state index in [1.807, 2.05) is 12.1 Å². The maximum atomic E-state index is 9.00. The van der Waals surface area contributed by atoms with E-state index in [0.29, 0.717) is 22.5 Å². The van der Waals surface area contributed by atoms with Gasteiger partial charge in [-0.25, -0.2) is 0 Å². The van der Waals surface area contributed by atoms with Crippen LogP contribution in [0.5, 0.6) is 0 Å². The zero-order chi connectivity index (χ0) is 13.1. The average Bonchev–Trinajstić information content (AvgIpc) is 2.76. The minimum absolute atomic E-state index is 0.541. The van der Waals surface area contributed by atoms with Crippen molar-refractivity contribution in [2.45, 2.75) is 45.6 Å². The fraction of sp³-hybridized carbons (Fsp3) is 0.533. The Morgan fingerprint density at radius 3 is 2.78 bits per heavy atom. The van der Waals surface area contributed by atoms with Crippen molar-refractivity contribution in [3.8, 4) is 6.07 Å². The first-order valence-electron chi connectivity index (χ1n) is 6.65. The number of hydrogen-bond acceptors (Lipinski definition) is 2. The van der Waals surface area contributed by atoms with Gasteiger partial charge in [0.1, 0.15) is 6.07 Å². The topological polar surface area (TPSA) is 35.8 Å². The standard InChI is InChI=1S/C15H19ClN2/c1-3-12-14(8-7-11(9-17)15(12)16)18-13-6-4-5-10(13)2/h7-8,10,13,18H,3-6H2,1-2H3/t10-,13-/m0/s1. The molecule has 0 saturated heterocycles. The van der Waals surface area contributed by atoms with Gasteiger partial charge in [0.15, 0.2) is 0 Å². The third-order valence-electron chi connectivity index (χ3n) is 3.92. The van der Waals surface area contributed by atoms with E-state index in [1.165, 1.54) is 19.3 Å². The van der Waals surface area contributed by atoms with Gasteiger partial charge in [0.25, 0.3) is 0 Å². The van der Waals surface area contributed by atoms with E-state index in [9.17, 15) is 0 Å². The van der Waals surface area contributed by atoms with Crippen LogP contribution in [0.4, 0.5) is 5.69 Å². The van der Waals surface area contributed by atoms with Crippen LogP contribution in [0.15, 0.2) is 12.1 Å².